The van der Waals surface area contributed by atoms with Crippen LogP contribution in [-0.2, 0) is 9.59 Å². The minimum Gasteiger partial charge on any atom is -0.480 e. The maximum absolute atomic E-state index is 12.3. The van der Waals surface area contributed by atoms with Gasteiger partial charge in [0.2, 0.25) is 5.91 Å². The molecule has 1 aliphatic heterocycles. The Bertz CT molecular complexity index is 621. The number of carbonyl (C=O) groups is 2. The van der Waals surface area contributed by atoms with Crippen LogP contribution in [0.1, 0.15) is 19.8 Å². The monoisotopic (exact) mass is 388 g/mol. The molecule has 1 amide bonds. The number of carbonyl (C=O) groups excluding carboxylic acids is 1. The van der Waals surface area contributed by atoms with Gasteiger partial charge in [0.05, 0.1) is 16.6 Å². The Morgan fingerprint density at radius 1 is 1.32 bits per heavy atom. The van der Waals surface area contributed by atoms with Crippen LogP contribution in [0.2, 0.25) is 10.0 Å². The van der Waals surface area contributed by atoms with Crippen molar-refractivity contribution >= 4 is 40.9 Å². The van der Waals surface area contributed by atoms with Crippen molar-refractivity contribution in [1.82, 2.24) is 15.2 Å². The first-order chi connectivity index (χ1) is 11.9. The lowest BCUT2D eigenvalue weighted by molar-refractivity contribution is -0.140. The number of hydrogen-bond donors (Lipinski definition) is 2. The Labute approximate surface area is 156 Å². The van der Waals surface area contributed by atoms with Crippen LogP contribution in [-0.4, -0.2) is 65.6 Å². The number of piperazine rings is 1. The van der Waals surface area contributed by atoms with Gasteiger partial charge < -0.3 is 14.9 Å². The quantitative estimate of drug-likeness (QED) is 0.741. The topological polar surface area (TPSA) is 85.8 Å². The highest BCUT2D eigenvalue weighted by Crippen LogP contribution is 2.26. The number of nitrogens with zero attached hydrogens (tertiary/aromatic N) is 3. The van der Waals surface area contributed by atoms with Crippen LogP contribution in [0.25, 0.3) is 0 Å². The molecule has 7 nitrogen and oxygen atoms in total. The molecule has 1 aromatic heterocycles. The molecule has 0 aliphatic carbocycles. The number of amides is 1. The lowest BCUT2D eigenvalue weighted by Crippen LogP contribution is -2.52. The second kappa shape index (κ2) is 9.22. The van der Waals surface area contributed by atoms with Crippen molar-refractivity contribution in [2.24, 2.45) is 0 Å². The van der Waals surface area contributed by atoms with Gasteiger partial charge in [-0.25, -0.2) is 4.98 Å². The highest BCUT2D eigenvalue weighted by Gasteiger charge is 2.24. The van der Waals surface area contributed by atoms with E-state index in [1.165, 1.54) is 0 Å². The van der Waals surface area contributed by atoms with Crippen molar-refractivity contribution < 1.29 is 14.7 Å². The fourth-order valence-corrected chi connectivity index (χ4v) is 3.23. The van der Waals surface area contributed by atoms with Crippen molar-refractivity contribution in [3.8, 4) is 0 Å². The number of carboxylic acid groups (broad SMARTS) is 1. The maximum atomic E-state index is 12.3. The van der Waals surface area contributed by atoms with E-state index in [-0.39, 0.29) is 12.5 Å². The molecular weight excluding hydrogens is 367 g/mol. The summed E-state index contributed by atoms with van der Waals surface area (Å²) < 4.78 is 0. The van der Waals surface area contributed by atoms with E-state index in [2.05, 4.69) is 10.3 Å². The Kier molecular flexibility index (Phi) is 7.28. The summed E-state index contributed by atoms with van der Waals surface area (Å²) in [6.07, 6.45) is 2.78. The molecule has 0 saturated carbocycles. The molecule has 2 rings (SSSR count). The van der Waals surface area contributed by atoms with E-state index in [0.717, 1.165) is 6.42 Å². The van der Waals surface area contributed by atoms with Gasteiger partial charge in [-0.15, -0.1) is 0 Å². The molecule has 0 aromatic carbocycles. The van der Waals surface area contributed by atoms with Crippen LogP contribution in [0.3, 0.4) is 0 Å². The summed E-state index contributed by atoms with van der Waals surface area (Å²) in [7, 11) is 0. The van der Waals surface area contributed by atoms with Crippen molar-refractivity contribution in [2.45, 2.75) is 25.8 Å². The SMILES string of the molecule is CCCC(NCC(=O)N1CCN(c2ncc(Cl)cc2Cl)CC1)C(=O)O. The molecule has 25 heavy (non-hydrogen) atoms. The van der Waals surface area contributed by atoms with Crippen molar-refractivity contribution in [1.29, 1.82) is 0 Å². The number of anilines is 1. The van der Waals surface area contributed by atoms with E-state index in [1.807, 2.05) is 11.8 Å². The summed E-state index contributed by atoms with van der Waals surface area (Å²) in [6.45, 7) is 4.22. The zero-order valence-corrected chi connectivity index (χ0v) is 15.6. The van der Waals surface area contributed by atoms with Crippen LogP contribution in [0.5, 0.6) is 0 Å². The zero-order valence-electron chi connectivity index (χ0n) is 14.0. The number of aromatic nitrogens is 1. The molecular formula is C16H22Cl2N4O3. The molecule has 2 N–H and O–H groups in total. The average Bonchev–Trinajstić information content (AvgIpc) is 2.58. The number of halogens is 2. The third-order valence-corrected chi connectivity index (χ3v) is 4.58. The maximum Gasteiger partial charge on any atom is 0.320 e. The average molecular weight is 389 g/mol. The summed E-state index contributed by atoms with van der Waals surface area (Å²) in [6, 6.07) is 0.958. The predicted octanol–water partition coefficient (Wildman–Crippen LogP) is 1.88. The van der Waals surface area contributed by atoms with Crippen molar-refractivity contribution in [2.75, 3.05) is 37.6 Å². The first-order valence-electron chi connectivity index (χ1n) is 8.22. The van der Waals surface area contributed by atoms with Gasteiger partial charge in [0.15, 0.2) is 0 Å². The fraction of sp³-hybridized carbons (Fsp3) is 0.562. The van der Waals surface area contributed by atoms with Gasteiger partial charge in [0, 0.05) is 32.4 Å². The molecule has 9 heteroatoms. The molecule has 0 spiro atoms. The highest BCUT2D eigenvalue weighted by atomic mass is 35.5. The Balaban J connectivity index is 1.84. The molecule has 1 aromatic rings. The van der Waals surface area contributed by atoms with Crippen LogP contribution in [0.15, 0.2) is 12.3 Å². The smallest absolute Gasteiger partial charge is 0.320 e. The number of rotatable bonds is 7. The van der Waals surface area contributed by atoms with E-state index in [9.17, 15) is 9.59 Å². The first-order valence-corrected chi connectivity index (χ1v) is 8.98. The second-order valence-corrected chi connectivity index (χ2v) is 6.73. The molecule has 1 aliphatic rings. The lowest BCUT2D eigenvalue weighted by atomic mass is 10.1. The van der Waals surface area contributed by atoms with E-state index in [0.29, 0.717) is 48.5 Å². The van der Waals surface area contributed by atoms with E-state index in [1.54, 1.807) is 17.2 Å². The summed E-state index contributed by atoms with van der Waals surface area (Å²) in [4.78, 5) is 31.4. The molecule has 0 radical (unpaired) electrons. The van der Waals surface area contributed by atoms with Gasteiger partial charge in [-0.05, 0) is 12.5 Å². The van der Waals surface area contributed by atoms with Crippen LogP contribution in [0, 0.1) is 0 Å². The number of pyridine rings is 1. The molecule has 1 saturated heterocycles. The number of aliphatic carboxylic acids is 1. The van der Waals surface area contributed by atoms with Gasteiger partial charge in [0.25, 0.3) is 0 Å². The van der Waals surface area contributed by atoms with Gasteiger partial charge in [-0.1, -0.05) is 36.5 Å². The van der Waals surface area contributed by atoms with Gasteiger partial charge in [-0.2, -0.15) is 0 Å². The fourth-order valence-electron chi connectivity index (χ4n) is 2.73. The normalized spacial score (nSPS) is 16.0. The molecule has 2 heterocycles. The Morgan fingerprint density at radius 3 is 2.56 bits per heavy atom. The Morgan fingerprint density at radius 2 is 2.00 bits per heavy atom. The highest BCUT2D eigenvalue weighted by molar-refractivity contribution is 6.36. The third kappa shape index (κ3) is 5.45. The molecule has 1 fully saturated rings. The van der Waals surface area contributed by atoms with Gasteiger partial charge in [0.1, 0.15) is 11.9 Å². The standard InChI is InChI=1S/C16H22Cl2N4O3/c1-2-3-13(16(24)25)19-10-14(23)21-4-6-22(7-5-21)15-12(18)8-11(17)9-20-15/h8-9,13,19H,2-7,10H2,1H3,(H,24,25). The van der Waals surface area contributed by atoms with Crippen LogP contribution < -0.4 is 10.2 Å². The van der Waals surface area contributed by atoms with E-state index in [4.69, 9.17) is 28.3 Å². The molecule has 1 atom stereocenters. The van der Waals surface area contributed by atoms with Crippen LogP contribution in [0.4, 0.5) is 5.82 Å². The first kappa shape index (κ1) is 19.8. The second-order valence-electron chi connectivity index (χ2n) is 5.89. The van der Waals surface area contributed by atoms with Crippen molar-refractivity contribution in [3.63, 3.8) is 0 Å². The zero-order chi connectivity index (χ0) is 18.4. The number of hydrogen-bond acceptors (Lipinski definition) is 5. The third-order valence-electron chi connectivity index (χ3n) is 4.10. The van der Waals surface area contributed by atoms with E-state index < -0.39 is 12.0 Å². The summed E-state index contributed by atoms with van der Waals surface area (Å²) in [5.41, 5.74) is 0. The molecule has 1 unspecified atom stereocenters. The lowest BCUT2D eigenvalue weighted by Gasteiger charge is -2.36. The summed E-state index contributed by atoms with van der Waals surface area (Å²) >= 11 is 12.0. The molecule has 0 bridgehead atoms. The predicted molar refractivity (Wildman–Crippen MR) is 97.4 cm³/mol. The summed E-state index contributed by atoms with van der Waals surface area (Å²) in [5, 5.41) is 12.9. The van der Waals surface area contributed by atoms with Gasteiger partial charge in [-0.3, -0.25) is 14.9 Å². The van der Waals surface area contributed by atoms with Gasteiger partial charge >= 0.3 is 5.97 Å². The van der Waals surface area contributed by atoms with Crippen molar-refractivity contribution in [3.05, 3.63) is 22.3 Å². The molecule has 138 valence electrons. The Hall–Kier alpha value is -1.57. The summed E-state index contributed by atoms with van der Waals surface area (Å²) in [5.74, 6) is -0.370. The number of carboxylic acids is 1. The minimum atomic E-state index is -0.928. The minimum absolute atomic E-state index is 0.0247. The van der Waals surface area contributed by atoms with Crippen LogP contribution >= 0.6 is 23.2 Å². The van der Waals surface area contributed by atoms with E-state index >= 15 is 0 Å². The number of nitrogens with one attached hydrogen (secondary N) is 1. The largest absolute Gasteiger partial charge is 0.480 e.